The number of piperidine rings is 2. The Morgan fingerprint density at radius 3 is 2.75 bits per heavy atom. The highest BCUT2D eigenvalue weighted by Gasteiger charge is 2.31. The van der Waals surface area contributed by atoms with Crippen molar-refractivity contribution in [3.8, 4) is 0 Å². The van der Waals surface area contributed by atoms with E-state index in [1.54, 1.807) is 0 Å². The molecule has 0 aromatic rings. The molecule has 0 saturated carbocycles. The Bertz CT molecular complexity index is 353. The summed E-state index contributed by atoms with van der Waals surface area (Å²) in [5.41, 5.74) is 0. The summed E-state index contributed by atoms with van der Waals surface area (Å²) in [5.74, 6) is -0.0540. The van der Waals surface area contributed by atoms with E-state index in [9.17, 15) is 9.59 Å². The summed E-state index contributed by atoms with van der Waals surface area (Å²) in [6, 6.07) is -0.0164. The van der Waals surface area contributed by atoms with Gasteiger partial charge >= 0.3 is 5.97 Å². The number of rotatable bonds is 4. The van der Waals surface area contributed by atoms with Crippen molar-refractivity contribution in [2.24, 2.45) is 11.8 Å². The lowest BCUT2D eigenvalue weighted by Gasteiger charge is -2.38. The van der Waals surface area contributed by atoms with Crippen LogP contribution in [0.5, 0.6) is 0 Å². The molecule has 0 radical (unpaired) electrons. The summed E-state index contributed by atoms with van der Waals surface area (Å²) >= 11 is 0. The van der Waals surface area contributed by atoms with Gasteiger partial charge in [0.1, 0.15) is 0 Å². The molecule has 1 amide bonds. The Kier molecular flexibility index (Phi) is 5.40. The molecule has 2 N–H and O–H groups in total. The van der Waals surface area contributed by atoms with E-state index >= 15 is 0 Å². The predicted octanol–water partition coefficient (Wildman–Crippen LogP) is 1.48. The van der Waals surface area contributed by atoms with Crippen LogP contribution >= 0.6 is 0 Å². The van der Waals surface area contributed by atoms with Gasteiger partial charge in [-0.05, 0) is 44.1 Å². The molecule has 2 heterocycles. The Morgan fingerprint density at radius 2 is 2.10 bits per heavy atom. The van der Waals surface area contributed by atoms with E-state index in [0.717, 1.165) is 51.7 Å². The Labute approximate surface area is 120 Å². The van der Waals surface area contributed by atoms with Gasteiger partial charge in [-0.3, -0.25) is 9.59 Å². The van der Waals surface area contributed by atoms with Gasteiger partial charge in [0.2, 0.25) is 5.91 Å². The maximum atomic E-state index is 12.5. The summed E-state index contributed by atoms with van der Waals surface area (Å²) in [7, 11) is 0. The molecule has 2 rings (SSSR count). The van der Waals surface area contributed by atoms with Crippen LogP contribution in [0.15, 0.2) is 0 Å². The molecule has 3 atom stereocenters. The second-order valence-corrected chi connectivity index (χ2v) is 6.26. The van der Waals surface area contributed by atoms with E-state index in [4.69, 9.17) is 5.11 Å². The fourth-order valence-corrected chi connectivity index (χ4v) is 3.40. The van der Waals surface area contributed by atoms with E-state index in [1.165, 1.54) is 0 Å². The minimum Gasteiger partial charge on any atom is -0.481 e. The highest BCUT2D eigenvalue weighted by Crippen LogP contribution is 2.27. The van der Waals surface area contributed by atoms with Crippen molar-refractivity contribution in [3.05, 3.63) is 0 Å². The molecule has 2 aliphatic rings. The minimum absolute atomic E-state index is 0.0164. The number of carboxylic acids is 1. The molecule has 2 aliphatic heterocycles. The van der Waals surface area contributed by atoms with E-state index in [-0.39, 0.29) is 24.3 Å². The first kappa shape index (κ1) is 15.3. The summed E-state index contributed by atoms with van der Waals surface area (Å²) in [6.45, 7) is 4.48. The predicted molar refractivity (Wildman–Crippen MR) is 76.4 cm³/mol. The maximum Gasteiger partial charge on any atom is 0.303 e. The SMILES string of the molecule is CC(CC(=O)O)C1CCCN(C(=O)[C@@H]2CCCCN2)C1. The van der Waals surface area contributed by atoms with Crippen LogP contribution in [0.3, 0.4) is 0 Å². The summed E-state index contributed by atoms with van der Waals surface area (Å²) in [4.78, 5) is 25.3. The van der Waals surface area contributed by atoms with E-state index < -0.39 is 5.97 Å². The number of nitrogens with one attached hydrogen (secondary N) is 1. The highest BCUT2D eigenvalue weighted by molar-refractivity contribution is 5.82. The van der Waals surface area contributed by atoms with Crippen molar-refractivity contribution in [1.29, 1.82) is 0 Å². The smallest absolute Gasteiger partial charge is 0.303 e. The van der Waals surface area contributed by atoms with Crippen molar-refractivity contribution < 1.29 is 14.7 Å². The lowest BCUT2D eigenvalue weighted by atomic mass is 9.84. The maximum absolute atomic E-state index is 12.5. The van der Waals surface area contributed by atoms with Gasteiger partial charge in [-0.1, -0.05) is 13.3 Å². The number of amides is 1. The molecule has 20 heavy (non-hydrogen) atoms. The van der Waals surface area contributed by atoms with Crippen LogP contribution in [0.1, 0.15) is 45.4 Å². The molecule has 0 bridgehead atoms. The fourth-order valence-electron chi connectivity index (χ4n) is 3.40. The number of nitrogens with zero attached hydrogens (tertiary/aromatic N) is 1. The topological polar surface area (TPSA) is 69.6 Å². The second-order valence-electron chi connectivity index (χ2n) is 6.26. The average Bonchev–Trinajstić information content (AvgIpc) is 2.47. The van der Waals surface area contributed by atoms with Crippen LogP contribution < -0.4 is 5.32 Å². The number of hydrogen-bond donors (Lipinski definition) is 2. The third-order valence-corrected chi connectivity index (χ3v) is 4.68. The van der Waals surface area contributed by atoms with Gasteiger partial charge in [-0.15, -0.1) is 0 Å². The Hall–Kier alpha value is -1.10. The van der Waals surface area contributed by atoms with Crippen molar-refractivity contribution >= 4 is 11.9 Å². The molecule has 114 valence electrons. The van der Waals surface area contributed by atoms with Gasteiger partial charge in [0.25, 0.3) is 0 Å². The van der Waals surface area contributed by atoms with Gasteiger partial charge in [0.15, 0.2) is 0 Å². The van der Waals surface area contributed by atoms with Crippen LogP contribution in [0.4, 0.5) is 0 Å². The molecular weight excluding hydrogens is 256 g/mol. The molecule has 0 aromatic heterocycles. The highest BCUT2D eigenvalue weighted by atomic mass is 16.4. The summed E-state index contributed by atoms with van der Waals surface area (Å²) in [5, 5.41) is 12.2. The van der Waals surface area contributed by atoms with Crippen LogP contribution in [0, 0.1) is 11.8 Å². The minimum atomic E-state index is -0.741. The lowest BCUT2D eigenvalue weighted by molar-refractivity contribution is -0.139. The third-order valence-electron chi connectivity index (χ3n) is 4.68. The van der Waals surface area contributed by atoms with Gasteiger partial charge in [-0.25, -0.2) is 0 Å². The Morgan fingerprint density at radius 1 is 1.30 bits per heavy atom. The van der Waals surface area contributed by atoms with Gasteiger partial charge in [0.05, 0.1) is 6.04 Å². The zero-order chi connectivity index (χ0) is 14.5. The van der Waals surface area contributed by atoms with Gasteiger partial charge in [0, 0.05) is 19.5 Å². The molecule has 2 fully saturated rings. The molecule has 2 saturated heterocycles. The first-order valence-electron chi connectivity index (χ1n) is 7.82. The first-order chi connectivity index (χ1) is 9.58. The van der Waals surface area contributed by atoms with Crippen molar-refractivity contribution in [3.63, 3.8) is 0 Å². The Balaban J connectivity index is 1.88. The zero-order valence-corrected chi connectivity index (χ0v) is 12.3. The van der Waals surface area contributed by atoms with Crippen LogP contribution in [-0.2, 0) is 9.59 Å². The molecule has 5 nitrogen and oxygen atoms in total. The number of aliphatic carboxylic acids is 1. The molecule has 0 aromatic carbocycles. The standard InChI is InChI=1S/C15H26N2O3/c1-11(9-14(18)19)12-5-4-8-17(10-12)15(20)13-6-2-3-7-16-13/h11-13,16H,2-10H2,1H3,(H,18,19)/t11?,12?,13-/m0/s1. The fraction of sp³-hybridized carbons (Fsp3) is 0.867. The van der Waals surface area contributed by atoms with E-state index in [2.05, 4.69) is 5.32 Å². The van der Waals surface area contributed by atoms with E-state index in [1.807, 2.05) is 11.8 Å². The normalized spacial score (nSPS) is 28.9. The van der Waals surface area contributed by atoms with E-state index in [0.29, 0.717) is 5.92 Å². The first-order valence-corrected chi connectivity index (χ1v) is 7.82. The lowest BCUT2D eigenvalue weighted by Crippen LogP contribution is -2.51. The average molecular weight is 282 g/mol. The molecule has 0 spiro atoms. The summed E-state index contributed by atoms with van der Waals surface area (Å²) in [6.07, 6.45) is 5.45. The third kappa shape index (κ3) is 3.95. The van der Waals surface area contributed by atoms with Crippen LogP contribution in [0.2, 0.25) is 0 Å². The van der Waals surface area contributed by atoms with Crippen molar-refractivity contribution in [1.82, 2.24) is 10.2 Å². The molecule has 0 aliphatic carbocycles. The molecule has 5 heteroatoms. The monoisotopic (exact) mass is 282 g/mol. The number of carbonyl (C=O) groups is 2. The number of likely N-dealkylation sites (tertiary alicyclic amines) is 1. The van der Waals surface area contributed by atoms with Crippen molar-refractivity contribution in [2.75, 3.05) is 19.6 Å². The number of hydrogen-bond acceptors (Lipinski definition) is 3. The number of carbonyl (C=O) groups excluding carboxylic acids is 1. The quantitative estimate of drug-likeness (QED) is 0.819. The molecular formula is C15H26N2O3. The number of carboxylic acid groups (broad SMARTS) is 1. The van der Waals surface area contributed by atoms with Crippen molar-refractivity contribution in [2.45, 2.75) is 51.5 Å². The van der Waals surface area contributed by atoms with Crippen LogP contribution in [-0.4, -0.2) is 47.6 Å². The summed E-state index contributed by atoms with van der Waals surface area (Å²) < 4.78 is 0. The van der Waals surface area contributed by atoms with Crippen LogP contribution in [0.25, 0.3) is 0 Å². The largest absolute Gasteiger partial charge is 0.481 e. The van der Waals surface area contributed by atoms with Gasteiger partial charge < -0.3 is 15.3 Å². The molecule has 2 unspecified atom stereocenters. The zero-order valence-electron chi connectivity index (χ0n) is 12.3. The van der Waals surface area contributed by atoms with Gasteiger partial charge in [-0.2, -0.15) is 0 Å². The second kappa shape index (κ2) is 7.07.